The second kappa shape index (κ2) is 10.5. The molecule has 0 aliphatic rings. The van der Waals surface area contributed by atoms with Crippen molar-refractivity contribution in [2.24, 2.45) is 0 Å². The number of phenols is 1. The molecule has 0 bridgehead atoms. The molecule has 154 valence electrons. The Bertz CT molecular complexity index is 883. The molecule has 0 heterocycles. The summed E-state index contributed by atoms with van der Waals surface area (Å²) in [7, 11) is 0. The summed E-state index contributed by atoms with van der Waals surface area (Å²) < 4.78 is 0. The second-order valence-corrected chi connectivity index (χ2v) is 7.88. The van der Waals surface area contributed by atoms with Gasteiger partial charge in [-0.05, 0) is 55.8 Å². The van der Waals surface area contributed by atoms with Crippen LogP contribution in [-0.2, 0) is 9.59 Å². The molecule has 29 heavy (non-hydrogen) atoms. The third-order valence-electron chi connectivity index (χ3n) is 4.07. The van der Waals surface area contributed by atoms with Crippen molar-refractivity contribution in [1.82, 2.24) is 0 Å². The van der Waals surface area contributed by atoms with Crippen molar-refractivity contribution in [3.05, 3.63) is 48.0 Å². The van der Waals surface area contributed by atoms with Crippen molar-refractivity contribution in [2.45, 2.75) is 43.3 Å². The molecule has 2 rings (SSSR count). The molecule has 2 aromatic carbocycles. The number of amides is 2. The Morgan fingerprint density at radius 1 is 1.03 bits per heavy atom. The van der Waals surface area contributed by atoms with E-state index in [1.807, 2.05) is 19.1 Å². The third-order valence-corrected chi connectivity index (χ3v) is 5.18. The molecule has 0 aliphatic carbocycles. The maximum atomic E-state index is 12.4. The van der Waals surface area contributed by atoms with Gasteiger partial charge < -0.3 is 20.8 Å². The lowest BCUT2D eigenvalue weighted by Gasteiger charge is -2.13. The molecule has 0 spiro atoms. The van der Waals surface area contributed by atoms with Crippen LogP contribution >= 0.6 is 11.8 Å². The van der Waals surface area contributed by atoms with Gasteiger partial charge in [0.2, 0.25) is 11.8 Å². The molecule has 0 radical (unpaired) electrons. The number of thioether (sulfide) groups is 1. The summed E-state index contributed by atoms with van der Waals surface area (Å²) in [5, 5.41) is 23.6. The van der Waals surface area contributed by atoms with Gasteiger partial charge in [-0.15, -0.1) is 11.8 Å². The molecule has 2 amide bonds. The van der Waals surface area contributed by atoms with E-state index in [2.05, 4.69) is 10.6 Å². The smallest absolute Gasteiger partial charge is 0.339 e. The number of benzene rings is 2. The van der Waals surface area contributed by atoms with Crippen LogP contribution in [0.5, 0.6) is 5.75 Å². The first-order valence-electron chi connectivity index (χ1n) is 9.24. The first kappa shape index (κ1) is 22.3. The number of carbonyl (C=O) groups is 3. The van der Waals surface area contributed by atoms with Crippen LogP contribution in [0.4, 0.5) is 11.4 Å². The molecule has 1 atom stereocenters. The van der Waals surface area contributed by atoms with Crippen LogP contribution < -0.4 is 10.6 Å². The van der Waals surface area contributed by atoms with E-state index in [0.717, 1.165) is 17.7 Å². The minimum Gasteiger partial charge on any atom is -0.507 e. The van der Waals surface area contributed by atoms with Crippen molar-refractivity contribution >= 4 is 40.9 Å². The zero-order chi connectivity index (χ0) is 21.4. The Balaban J connectivity index is 1.93. The van der Waals surface area contributed by atoms with Gasteiger partial charge in [0.05, 0.1) is 5.25 Å². The number of carbonyl (C=O) groups excluding carboxylic acids is 2. The first-order valence-corrected chi connectivity index (χ1v) is 10.1. The number of carboxylic acids is 1. The summed E-state index contributed by atoms with van der Waals surface area (Å²) in [6.07, 6.45) is 2.30. The molecular weight excluding hydrogens is 392 g/mol. The number of hydrogen-bond acceptors (Lipinski definition) is 5. The van der Waals surface area contributed by atoms with Gasteiger partial charge in [0.25, 0.3) is 0 Å². The Hall–Kier alpha value is -3.00. The van der Waals surface area contributed by atoms with E-state index in [4.69, 9.17) is 5.11 Å². The first-order chi connectivity index (χ1) is 13.8. The topological polar surface area (TPSA) is 116 Å². The van der Waals surface area contributed by atoms with E-state index in [1.165, 1.54) is 30.0 Å². The number of aromatic carboxylic acids is 1. The van der Waals surface area contributed by atoms with Gasteiger partial charge in [-0.2, -0.15) is 0 Å². The van der Waals surface area contributed by atoms with Crippen LogP contribution in [0.15, 0.2) is 47.4 Å². The van der Waals surface area contributed by atoms with Crippen LogP contribution in [0, 0.1) is 0 Å². The summed E-state index contributed by atoms with van der Waals surface area (Å²) in [6, 6.07) is 11.1. The standard InChI is InChI=1S/C21H24N2O5S/c1-3-4-5-19(25)22-14-6-9-16(10-7-14)29-13(2)20(26)23-15-8-11-18(24)17(12-15)21(27)28/h6-13,24H,3-5H2,1-2H3,(H,22,25)(H,23,26)(H,27,28). The Morgan fingerprint density at radius 3 is 2.31 bits per heavy atom. The number of hydrogen-bond donors (Lipinski definition) is 4. The normalized spacial score (nSPS) is 11.5. The quantitative estimate of drug-likeness (QED) is 0.357. The van der Waals surface area contributed by atoms with E-state index in [0.29, 0.717) is 17.8 Å². The summed E-state index contributed by atoms with van der Waals surface area (Å²) in [6.45, 7) is 3.77. The van der Waals surface area contributed by atoms with Crippen molar-refractivity contribution in [1.29, 1.82) is 0 Å². The number of carboxylic acid groups (broad SMARTS) is 1. The minimum atomic E-state index is -1.28. The average molecular weight is 416 g/mol. The highest BCUT2D eigenvalue weighted by Gasteiger charge is 2.17. The van der Waals surface area contributed by atoms with E-state index in [1.54, 1.807) is 19.1 Å². The molecule has 0 saturated heterocycles. The number of nitrogens with one attached hydrogen (secondary N) is 2. The van der Waals surface area contributed by atoms with Crippen molar-refractivity contribution in [3.63, 3.8) is 0 Å². The highest BCUT2D eigenvalue weighted by molar-refractivity contribution is 8.00. The number of anilines is 2. The number of unbranched alkanes of at least 4 members (excludes halogenated alkanes) is 1. The Labute approximate surface area is 173 Å². The molecule has 4 N–H and O–H groups in total. The van der Waals surface area contributed by atoms with Crippen LogP contribution in [-0.4, -0.2) is 33.2 Å². The fraction of sp³-hybridized carbons (Fsp3) is 0.286. The molecule has 1 unspecified atom stereocenters. The van der Waals surface area contributed by atoms with Crippen LogP contribution in [0.2, 0.25) is 0 Å². The van der Waals surface area contributed by atoms with Crippen molar-refractivity contribution in [2.75, 3.05) is 10.6 Å². The van der Waals surface area contributed by atoms with Gasteiger partial charge in [-0.1, -0.05) is 13.3 Å². The number of aromatic hydroxyl groups is 1. The summed E-state index contributed by atoms with van der Waals surface area (Å²) in [5.41, 5.74) is 0.723. The van der Waals surface area contributed by atoms with Gasteiger partial charge in [-0.25, -0.2) is 4.79 Å². The maximum Gasteiger partial charge on any atom is 0.339 e. The fourth-order valence-electron chi connectivity index (χ4n) is 2.46. The highest BCUT2D eigenvalue weighted by atomic mass is 32.2. The monoisotopic (exact) mass is 416 g/mol. The van der Waals surface area contributed by atoms with E-state index in [-0.39, 0.29) is 23.1 Å². The van der Waals surface area contributed by atoms with Gasteiger partial charge in [0.1, 0.15) is 11.3 Å². The van der Waals surface area contributed by atoms with E-state index < -0.39 is 11.2 Å². The Kier molecular flexibility index (Phi) is 8.09. The van der Waals surface area contributed by atoms with Crippen LogP contribution in [0.3, 0.4) is 0 Å². The zero-order valence-electron chi connectivity index (χ0n) is 16.3. The van der Waals surface area contributed by atoms with Gasteiger partial charge in [0.15, 0.2) is 0 Å². The lowest BCUT2D eigenvalue weighted by molar-refractivity contribution is -0.116. The molecule has 2 aromatic rings. The summed E-state index contributed by atoms with van der Waals surface area (Å²) in [4.78, 5) is 36.1. The predicted molar refractivity (Wildman–Crippen MR) is 114 cm³/mol. The SMILES string of the molecule is CCCCC(=O)Nc1ccc(SC(C)C(=O)Nc2ccc(O)c(C(=O)O)c2)cc1. The van der Waals surface area contributed by atoms with Crippen LogP contribution in [0.25, 0.3) is 0 Å². The molecular formula is C21H24N2O5S. The second-order valence-electron chi connectivity index (χ2n) is 6.46. The van der Waals surface area contributed by atoms with Crippen molar-refractivity contribution < 1.29 is 24.6 Å². The third kappa shape index (κ3) is 6.83. The van der Waals surface area contributed by atoms with Gasteiger partial charge in [0, 0.05) is 22.7 Å². The van der Waals surface area contributed by atoms with E-state index in [9.17, 15) is 19.5 Å². The fourth-order valence-corrected chi connectivity index (χ4v) is 3.33. The average Bonchev–Trinajstić information content (AvgIpc) is 2.69. The zero-order valence-corrected chi connectivity index (χ0v) is 17.1. The maximum absolute atomic E-state index is 12.4. The lowest BCUT2D eigenvalue weighted by atomic mass is 10.2. The van der Waals surface area contributed by atoms with Gasteiger partial charge in [-0.3, -0.25) is 9.59 Å². The molecule has 7 nitrogen and oxygen atoms in total. The van der Waals surface area contributed by atoms with Crippen molar-refractivity contribution in [3.8, 4) is 5.75 Å². The Morgan fingerprint density at radius 2 is 1.69 bits per heavy atom. The lowest BCUT2D eigenvalue weighted by Crippen LogP contribution is -2.22. The predicted octanol–water partition coefficient (Wildman–Crippen LogP) is 4.34. The summed E-state index contributed by atoms with van der Waals surface area (Å²) >= 11 is 1.34. The van der Waals surface area contributed by atoms with Gasteiger partial charge >= 0.3 is 5.97 Å². The number of rotatable bonds is 9. The minimum absolute atomic E-state index is 0.0189. The molecule has 0 aromatic heterocycles. The molecule has 0 fully saturated rings. The molecule has 0 saturated carbocycles. The molecule has 8 heteroatoms. The largest absolute Gasteiger partial charge is 0.507 e. The highest BCUT2D eigenvalue weighted by Crippen LogP contribution is 2.27. The van der Waals surface area contributed by atoms with E-state index >= 15 is 0 Å². The molecule has 0 aliphatic heterocycles. The van der Waals surface area contributed by atoms with Crippen LogP contribution in [0.1, 0.15) is 43.5 Å². The summed E-state index contributed by atoms with van der Waals surface area (Å²) in [5.74, 6) is -1.95.